The van der Waals surface area contributed by atoms with Crippen molar-refractivity contribution in [1.82, 2.24) is 24.1 Å². The molecule has 10 heteroatoms. The Morgan fingerprint density at radius 3 is 2.23 bits per heavy atom. The number of aryl methyl sites for hydroxylation is 2. The van der Waals surface area contributed by atoms with Crippen LogP contribution in [-0.2, 0) is 10.0 Å². The van der Waals surface area contributed by atoms with Crippen LogP contribution in [0.2, 0.25) is 0 Å². The SMILES string of the molecule is Cc1ncnc(C)c1C(=O)N1CC2CN(C(C)CC(c3cccc(F)c3)C3CCN(S(C)(=O)=O)CC3)CC2C1. The summed E-state index contributed by atoms with van der Waals surface area (Å²) < 4.78 is 39.9. The van der Waals surface area contributed by atoms with Crippen molar-refractivity contribution in [2.24, 2.45) is 17.8 Å². The standard InChI is InChI=1S/C29H40FN5O3S/c1-19(12-27(23-6-5-7-26(30)13-23)22-8-10-35(11-9-22)39(4,37)38)33-14-24-16-34(17-25(24)15-33)29(36)28-20(2)31-18-32-21(28)3/h5-7,13,18-19,22,24-25,27H,8-12,14-17H2,1-4H3. The van der Waals surface area contributed by atoms with Gasteiger partial charge in [0.15, 0.2) is 0 Å². The van der Waals surface area contributed by atoms with E-state index in [1.165, 1.54) is 18.6 Å². The van der Waals surface area contributed by atoms with Crippen molar-refractivity contribution < 1.29 is 17.6 Å². The van der Waals surface area contributed by atoms with E-state index in [0.29, 0.717) is 42.4 Å². The first kappa shape index (κ1) is 28.1. The molecule has 39 heavy (non-hydrogen) atoms. The summed E-state index contributed by atoms with van der Waals surface area (Å²) in [4.78, 5) is 26.3. The summed E-state index contributed by atoms with van der Waals surface area (Å²) in [5, 5.41) is 0. The second-order valence-corrected chi connectivity index (χ2v) is 13.8. The highest BCUT2D eigenvalue weighted by Crippen LogP contribution is 2.40. The van der Waals surface area contributed by atoms with Crippen LogP contribution in [0.25, 0.3) is 0 Å². The molecule has 3 aliphatic rings. The van der Waals surface area contributed by atoms with Gasteiger partial charge in [0.25, 0.3) is 5.91 Å². The zero-order valence-corrected chi connectivity index (χ0v) is 24.2. The lowest BCUT2D eigenvalue weighted by atomic mass is 9.77. The largest absolute Gasteiger partial charge is 0.338 e. The van der Waals surface area contributed by atoms with Crippen molar-refractivity contribution in [2.45, 2.75) is 52.0 Å². The average Bonchev–Trinajstić information content (AvgIpc) is 3.46. The predicted octanol–water partition coefficient (Wildman–Crippen LogP) is 3.47. The molecule has 0 bridgehead atoms. The number of aromatic nitrogens is 2. The Labute approximate surface area is 231 Å². The van der Waals surface area contributed by atoms with E-state index in [4.69, 9.17) is 0 Å². The van der Waals surface area contributed by atoms with E-state index in [1.54, 1.807) is 16.4 Å². The minimum Gasteiger partial charge on any atom is -0.338 e. The van der Waals surface area contributed by atoms with E-state index in [9.17, 15) is 17.6 Å². The van der Waals surface area contributed by atoms with Crippen molar-refractivity contribution in [3.63, 3.8) is 0 Å². The van der Waals surface area contributed by atoms with Crippen LogP contribution >= 0.6 is 0 Å². The molecule has 1 aromatic carbocycles. The Balaban J connectivity index is 1.24. The third-order valence-electron chi connectivity index (χ3n) is 9.27. The van der Waals surface area contributed by atoms with Crippen LogP contribution in [0.4, 0.5) is 4.39 Å². The number of hydrogen-bond donors (Lipinski definition) is 0. The molecule has 3 saturated heterocycles. The maximum atomic E-state index is 14.2. The van der Waals surface area contributed by atoms with Crippen molar-refractivity contribution in [3.05, 3.63) is 58.9 Å². The first-order valence-electron chi connectivity index (χ1n) is 14.0. The number of amides is 1. The molecule has 2 aromatic rings. The highest BCUT2D eigenvalue weighted by atomic mass is 32.2. The van der Waals surface area contributed by atoms with Crippen LogP contribution < -0.4 is 0 Å². The molecule has 3 aliphatic heterocycles. The average molecular weight is 558 g/mol. The molecule has 0 aliphatic carbocycles. The van der Waals surface area contributed by atoms with Crippen LogP contribution in [-0.4, -0.2) is 90.0 Å². The normalized spacial score (nSPS) is 24.6. The number of hydrogen-bond acceptors (Lipinski definition) is 6. The van der Waals surface area contributed by atoms with Gasteiger partial charge in [-0.1, -0.05) is 12.1 Å². The Bertz CT molecular complexity index is 1280. The molecule has 0 spiro atoms. The van der Waals surface area contributed by atoms with E-state index in [-0.39, 0.29) is 17.6 Å². The molecule has 1 amide bonds. The number of nitrogens with zero attached hydrogens (tertiary/aromatic N) is 5. The van der Waals surface area contributed by atoms with Gasteiger partial charge in [-0.3, -0.25) is 9.69 Å². The van der Waals surface area contributed by atoms with Gasteiger partial charge >= 0.3 is 0 Å². The Morgan fingerprint density at radius 2 is 1.67 bits per heavy atom. The van der Waals surface area contributed by atoms with E-state index >= 15 is 0 Å². The van der Waals surface area contributed by atoms with Crippen LogP contribution in [0.3, 0.4) is 0 Å². The first-order chi connectivity index (χ1) is 18.5. The maximum Gasteiger partial charge on any atom is 0.257 e. The number of rotatable bonds is 7. The summed E-state index contributed by atoms with van der Waals surface area (Å²) >= 11 is 0. The van der Waals surface area contributed by atoms with Crippen molar-refractivity contribution in [3.8, 4) is 0 Å². The Kier molecular flexibility index (Phi) is 8.08. The molecule has 5 rings (SSSR count). The highest BCUT2D eigenvalue weighted by molar-refractivity contribution is 7.88. The molecule has 8 nitrogen and oxygen atoms in total. The van der Waals surface area contributed by atoms with Gasteiger partial charge in [-0.2, -0.15) is 0 Å². The van der Waals surface area contributed by atoms with Crippen molar-refractivity contribution in [2.75, 3.05) is 45.5 Å². The first-order valence-corrected chi connectivity index (χ1v) is 15.9. The van der Waals surface area contributed by atoms with Crippen LogP contribution in [0.5, 0.6) is 0 Å². The third-order valence-corrected chi connectivity index (χ3v) is 10.6. The van der Waals surface area contributed by atoms with Gasteiger partial charge in [0.05, 0.1) is 23.2 Å². The van der Waals surface area contributed by atoms with E-state index < -0.39 is 10.0 Å². The van der Waals surface area contributed by atoms with E-state index in [2.05, 4.69) is 21.8 Å². The zero-order chi connectivity index (χ0) is 27.9. The lowest BCUT2D eigenvalue weighted by Crippen LogP contribution is -2.41. The molecule has 0 radical (unpaired) electrons. The molecule has 3 fully saturated rings. The summed E-state index contributed by atoms with van der Waals surface area (Å²) in [6, 6.07) is 7.23. The number of halogens is 1. The van der Waals surface area contributed by atoms with Gasteiger partial charge in [-0.05, 0) is 81.4 Å². The molecule has 0 saturated carbocycles. The van der Waals surface area contributed by atoms with Gasteiger partial charge in [0.2, 0.25) is 10.0 Å². The Hall–Kier alpha value is -2.43. The predicted molar refractivity (Wildman–Crippen MR) is 148 cm³/mol. The summed E-state index contributed by atoms with van der Waals surface area (Å²) in [7, 11) is -3.19. The topological polar surface area (TPSA) is 86.7 Å². The maximum absolute atomic E-state index is 14.2. The van der Waals surface area contributed by atoms with Crippen LogP contribution in [0, 0.1) is 37.4 Å². The molecule has 0 N–H and O–H groups in total. The molecular weight excluding hydrogens is 517 g/mol. The molecule has 212 valence electrons. The second-order valence-electron chi connectivity index (χ2n) is 11.8. The molecule has 4 heterocycles. The lowest BCUT2D eigenvalue weighted by Gasteiger charge is -2.38. The van der Waals surface area contributed by atoms with E-state index in [1.807, 2.05) is 24.8 Å². The van der Waals surface area contributed by atoms with Crippen molar-refractivity contribution >= 4 is 15.9 Å². The summed E-state index contributed by atoms with van der Waals surface area (Å²) in [5.41, 5.74) is 3.09. The van der Waals surface area contributed by atoms with Gasteiger partial charge in [-0.15, -0.1) is 0 Å². The summed E-state index contributed by atoms with van der Waals surface area (Å²) in [5.74, 6) is 1.15. The number of piperidine rings is 1. The minimum atomic E-state index is -3.19. The number of fused-ring (bicyclic) bond motifs is 1. The van der Waals surface area contributed by atoms with Crippen LogP contribution in [0.15, 0.2) is 30.6 Å². The highest BCUT2D eigenvalue weighted by Gasteiger charge is 2.44. The summed E-state index contributed by atoms with van der Waals surface area (Å²) in [6.45, 7) is 10.4. The van der Waals surface area contributed by atoms with E-state index in [0.717, 1.165) is 62.4 Å². The quantitative estimate of drug-likeness (QED) is 0.518. The smallest absolute Gasteiger partial charge is 0.257 e. The number of carbonyl (C=O) groups is 1. The van der Waals surface area contributed by atoms with Gasteiger partial charge < -0.3 is 4.90 Å². The molecular formula is C29H40FN5O3S. The van der Waals surface area contributed by atoms with Gasteiger partial charge in [0.1, 0.15) is 12.1 Å². The minimum absolute atomic E-state index is 0.0335. The zero-order valence-electron chi connectivity index (χ0n) is 23.4. The summed E-state index contributed by atoms with van der Waals surface area (Å²) in [6.07, 6.45) is 5.24. The fourth-order valence-electron chi connectivity index (χ4n) is 7.08. The third kappa shape index (κ3) is 6.02. The number of benzene rings is 1. The van der Waals surface area contributed by atoms with Crippen LogP contribution in [0.1, 0.15) is 59.4 Å². The number of likely N-dealkylation sites (tertiary alicyclic amines) is 2. The number of carbonyl (C=O) groups excluding carboxylic acids is 1. The fraction of sp³-hybridized carbons (Fsp3) is 0.621. The second kappa shape index (κ2) is 11.2. The van der Waals surface area contributed by atoms with Gasteiger partial charge in [-0.25, -0.2) is 27.1 Å². The monoisotopic (exact) mass is 557 g/mol. The van der Waals surface area contributed by atoms with Gasteiger partial charge in [0, 0.05) is 45.3 Å². The molecule has 4 atom stereocenters. The lowest BCUT2D eigenvalue weighted by molar-refractivity contribution is 0.0765. The number of sulfonamides is 1. The molecule has 4 unspecified atom stereocenters. The Morgan fingerprint density at radius 1 is 1.05 bits per heavy atom. The molecule has 1 aromatic heterocycles. The fourth-order valence-corrected chi connectivity index (χ4v) is 7.95. The van der Waals surface area contributed by atoms with Crippen molar-refractivity contribution in [1.29, 1.82) is 0 Å².